The second-order valence-corrected chi connectivity index (χ2v) is 6.53. The van der Waals surface area contributed by atoms with Crippen LogP contribution in [0.15, 0.2) is 16.9 Å². The number of aromatic nitrogens is 1. The highest BCUT2D eigenvalue weighted by Crippen LogP contribution is 2.22. The Bertz CT molecular complexity index is 455. The van der Waals surface area contributed by atoms with Gasteiger partial charge in [0, 0.05) is 23.2 Å². The number of pyridine rings is 1. The summed E-state index contributed by atoms with van der Waals surface area (Å²) in [5, 5.41) is 0. The summed E-state index contributed by atoms with van der Waals surface area (Å²) >= 11 is 5.82. The molecule has 2 nitrogen and oxygen atoms in total. The normalized spacial score (nSPS) is 12.2. The highest BCUT2D eigenvalue weighted by atomic mass is 35.5. The van der Waals surface area contributed by atoms with E-state index in [9.17, 15) is 4.79 Å². The standard InChI is InChI=1S/C15H24ClNO/c1-11(2)8-9-17-13(15(3,4)5)7-6-12(10-16)14(17)18/h6-7,11H,8-10H2,1-5H3. The van der Waals surface area contributed by atoms with Gasteiger partial charge in [-0.05, 0) is 18.4 Å². The van der Waals surface area contributed by atoms with Gasteiger partial charge >= 0.3 is 0 Å². The Morgan fingerprint density at radius 1 is 1.28 bits per heavy atom. The SMILES string of the molecule is CC(C)CCn1c(C(C)(C)C)ccc(CCl)c1=O. The number of rotatable bonds is 4. The molecule has 0 atom stereocenters. The van der Waals surface area contributed by atoms with E-state index in [0.29, 0.717) is 11.5 Å². The zero-order valence-corrected chi connectivity index (χ0v) is 12.8. The van der Waals surface area contributed by atoms with Crippen LogP contribution in [0.5, 0.6) is 0 Å². The van der Waals surface area contributed by atoms with Crippen molar-refractivity contribution in [3.63, 3.8) is 0 Å². The van der Waals surface area contributed by atoms with Gasteiger partial charge in [-0.15, -0.1) is 11.6 Å². The molecule has 0 aliphatic carbocycles. The average Bonchev–Trinajstić information content (AvgIpc) is 2.25. The molecule has 0 aliphatic heterocycles. The predicted molar refractivity (Wildman–Crippen MR) is 78.4 cm³/mol. The topological polar surface area (TPSA) is 22.0 Å². The fourth-order valence-corrected chi connectivity index (χ4v) is 2.19. The van der Waals surface area contributed by atoms with Crippen LogP contribution in [0.25, 0.3) is 0 Å². The van der Waals surface area contributed by atoms with E-state index in [-0.39, 0.29) is 16.9 Å². The summed E-state index contributed by atoms with van der Waals surface area (Å²) in [6.07, 6.45) is 1.01. The molecule has 1 aromatic heterocycles. The van der Waals surface area contributed by atoms with Crippen LogP contribution in [0.3, 0.4) is 0 Å². The largest absolute Gasteiger partial charge is 0.312 e. The van der Waals surface area contributed by atoms with Gasteiger partial charge in [-0.1, -0.05) is 40.7 Å². The Labute approximate surface area is 115 Å². The molecule has 3 heteroatoms. The molecule has 0 amide bonds. The summed E-state index contributed by atoms with van der Waals surface area (Å²) in [5.74, 6) is 0.870. The monoisotopic (exact) mass is 269 g/mol. The van der Waals surface area contributed by atoms with Crippen LogP contribution in [0.2, 0.25) is 0 Å². The van der Waals surface area contributed by atoms with Gasteiger partial charge < -0.3 is 4.57 Å². The first-order valence-corrected chi connectivity index (χ1v) is 7.10. The van der Waals surface area contributed by atoms with Crippen LogP contribution in [0.1, 0.15) is 52.3 Å². The van der Waals surface area contributed by atoms with Crippen LogP contribution in [-0.4, -0.2) is 4.57 Å². The van der Waals surface area contributed by atoms with E-state index in [0.717, 1.165) is 18.7 Å². The Balaban J connectivity index is 3.27. The number of alkyl halides is 1. The van der Waals surface area contributed by atoms with Gasteiger partial charge in [-0.2, -0.15) is 0 Å². The van der Waals surface area contributed by atoms with E-state index >= 15 is 0 Å². The van der Waals surface area contributed by atoms with E-state index in [2.05, 4.69) is 34.6 Å². The molecule has 0 N–H and O–H groups in total. The van der Waals surface area contributed by atoms with E-state index in [1.54, 1.807) is 0 Å². The molecular weight excluding hydrogens is 246 g/mol. The van der Waals surface area contributed by atoms with Gasteiger partial charge in [-0.3, -0.25) is 4.79 Å². The maximum absolute atomic E-state index is 12.4. The molecule has 0 aliphatic rings. The maximum Gasteiger partial charge on any atom is 0.255 e. The molecule has 18 heavy (non-hydrogen) atoms. The van der Waals surface area contributed by atoms with Crippen LogP contribution < -0.4 is 5.56 Å². The van der Waals surface area contributed by atoms with Crippen molar-refractivity contribution in [1.82, 2.24) is 4.57 Å². The minimum atomic E-state index is -0.0268. The lowest BCUT2D eigenvalue weighted by atomic mass is 9.90. The van der Waals surface area contributed by atoms with Crippen molar-refractivity contribution < 1.29 is 0 Å². The Morgan fingerprint density at radius 2 is 1.89 bits per heavy atom. The lowest BCUT2D eigenvalue weighted by Crippen LogP contribution is -2.31. The summed E-state index contributed by atoms with van der Waals surface area (Å²) in [6, 6.07) is 3.90. The summed E-state index contributed by atoms with van der Waals surface area (Å²) in [5.41, 5.74) is 1.81. The minimum Gasteiger partial charge on any atom is -0.312 e. The fourth-order valence-electron chi connectivity index (χ4n) is 1.99. The van der Waals surface area contributed by atoms with Gasteiger partial charge in [0.15, 0.2) is 0 Å². The highest BCUT2D eigenvalue weighted by Gasteiger charge is 2.19. The Kier molecular flexibility index (Phi) is 5.03. The van der Waals surface area contributed by atoms with E-state index < -0.39 is 0 Å². The molecule has 0 bridgehead atoms. The van der Waals surface area contributed by atoms with Crippen molar-refractivity contribution in [3.05, 3.63) is 33.7 Å². The molecule has 0 radical (unpaired) electrons. The van der Waals surface area contributed by atoms with Gasteiger partial charge in [0.2, 0.25) is 0 Å². The van der Waals surface area contributed by atoms with Crippen molar-refractivity contribution >= 4 is 11.6 Å². The lowest BCUT2D eigenvalue weighted by Gasteiger charge is -2.25. The molecule has 0 aromatic carbocycles. The zero-order chi connectivity index (χ0) is 13.9. The molecular formula is C15H24ClNO. The van der Waals surface area contributed by atoms with Crippen molar-refractivity contribution in [2.24, 2.45) is 5.92 Å². The molecule has 0 unspecified atom stereocenters. The lowest BCUT2D eigenvalue weighted by molar-refractivity contribution is 0.454. The molecule has 102 valence electrons. The summed E-state index contributed by atoms with van der Waals surface area (Å²) in [4.78, 5) is 12.4. The smallest absolute Gasteiger partial charge is 0.255 e. The quantitative estimate of drug-likeness (QED) is 0.759. The molecule has 0 fully saturated rings. The first kappa shape index (κ1) is 15.3. The summed E-state index contributed by atoms with van der Waals surface area (Å²) in [6.45, 7) is 11.5. The molecule has 0 saturated heterocycles. The van der Waals surface area contributed by atoms with E-state index in [4.69, 9.17) is 11.6 Å². The molecule has 0 spiro atoms. The third kappa shape index (κ3) is 3.61. The first-order valence-electron chi connectivity index (χ1n) is 6.56. The minimum absolute atomic E-state index is 0.0268. The van der Waals surface area contributed by atoms with Crippen molar-refractivity contribution in [2.75, 3.05) is 0 Å². The second kappa shape index (κ2) is 5.92. The van der Waals surface area contributed by atoms with Crippen molar-refractivity contribution in [3.8, 4) is 0 Å². The zero-order valence-electron chi connectivity index (χ0n) is 12.1. The van der Waals surface area contributed by atoms with Crippen LogP contribution in [0.4, 0.5) is 0 Å². The number of hydrogen-bond acceptors (Lipinski definition) is 1. The van der Waals surface area contributed by atoms with Gasteiger partial charge in [0.05, 0.1) is 5.88 Å². The van der Waals surface area contributed by atoms with Gasteiger partial charge in [-0.25, -0.2) is 0 Å². The van der Waals surface area contributed by atoms with E-state index in [1.807, 2.05) is 16.7 Å². The summed E-state index contributed by atoms with van der Waals surface area (Å²) in [7, 11) is 0. The second-order valence-electron chi connectivity index (χ2n) is 6.27. The Morgan fingerprint density at radius 3 is 2.33 bits per heavy atom. The van der Waals surface area contributed by atoms with Crippen LogP contribution >= 0.6 is 11.6 Å². The number of nitrogens with zero attached hydrogens (tertiary/aromatic N) is 1. The van der Waals surface area contributed by atoms with Crippen LogP contribution in [0, 0.1) is 5.92 Å². The predicted octanol–water partition coefficient (Wildman–Crippen LogP) is 3.93. The van der Waals surface area contributed by atoms with Gasteiger partial charge in [0.25, 0.3) is 5.56 Å². The molecule has 0 saturated carbocycles. The first-order chi connectivity index (χ1) is 8.27. The molecule has 1 aromatic rings. The number of hydrogen-bond donors (Lipinski definition) is 0. The van der Waals surface area contributed by atoms with Crippen molar-refractivity contribution in [1.29, 1.82) is 0 Å². The van der Waals surface area contributed by atoms with Crippen molar-refractivity contribution in [2.45, 2.75) is 58.9 Å². The van der Waals surface area contributed by atoms with Gasteiger partial charge in [0.1, 0.15) is 0 Å². The highest BCUT2D eigenvalue weighted by molar-refractivity contribution is 6.17. The van der Waals surface area contributed by atoms with E-state index in [1.165, 1.54) is 0 Å². The maximum atomic E-state index is 12.4. The average molecular weight is 270 g/mol. The molecule has 1 heterocycles. The van der Waals surface area contributed by atoms with Crippen LogP contribution in [-0.2, 0) is 17.8 Å². The number of halogens is 1. The molecule has 1 rings (SSSR count). The Hall–Kier alpha value is -0.760. The fraction of sp³-hybridized carbons (Fsp3) is 0.667. The third-order valence-electron chi connectivity index (χ3n) is 3.10. The summed E-state index contributed by atoms with van der Waals surface area (Å²) < 4.78 is 1.90. The third-order valence-corrected chi connectivity index (χ3v) is 3.38.